The lowest BCUT2D eigenvalue weighted by molar-refractivity contribution is -0.162. The van der Waals surface area contributed by atoms with E-state index in [0.29, 0.717) is 0 Å². The minimum Gasteiger partial charge on any atom is -0.468 e. The average Bonchev–Trinajstić information content (AvgIpc) is 2.27. The van der Waals surface area contributed by atoms with E-state index in [1.54, 1.807) is 0 Å². The van der Waals surface area contributed by atoms with Gasteiger partial charge in [0.2, 0.25) is 0 Å². The van der Waals surface area contributed by atoms with Crippen molar-refractivity contribution in [3.63, 3.8) is 0 Å². The molecule has 0 aromatic rings. The summed E-state index contributed by atoms with van der Waals surface area (Å²) in [5.74, 6) is -0.371. The van der Waals surface area contributed by atoms with Gasteiger partial charge in [-0.2, -0.15) is 0 Å². The maximum atomic E-state index is 11.8. The Kier molecular flexibility index (Phi) is 4.21. The van der Waals surface area contributed by atoms with Crippen LogP contribution in [0.4, 0.5) is 4.79 Å². The first kappa shape index (κ1) is 14.8. The van der Waals surface area contributed by atoms with E-state index < -0.39 is 17.1 Å². The number of carbonyl (C=O) groups excluding carboxylic acids is 2. The largest absolute Gasteiger partial charge is 0.468 e. The summed E-state index contributed by atoms with van der Waals surface area (Å²) in [6.45, 7) is 6.33. The van der Waals surface area contributed by atoms with Crippen molar-refractivity contribution in [1.82, 2.24) is 4.90 Å². The Balaban J connectivity index is 2.55. The molecule has 6 heteroatoms. The number of rotatable bonds is 4. The predicted molar refractivity (Wildman–Crippen MR) is 65.9 cm³/mol. The highest BCUT2D eigenvalue weighted by Gasteiger charge is 2.52. The smallest absolute Gasteiger partial charge is 0.410 e. The number of hydrogen-bond donors (Lipinski definition) is 1. The third-order valence-corrected chi connectivity index (χ3v) is 3.47. The lowest BCUT2D eigenvalue weighted by Gasteiger charge is -2.47. The van der Waals surface area contributed by atoms with Gasteiger partial charge in [-0.1, -0.05) is 6.92 Å². The molecule has 1 aliphatic rings. The maximum absolute atomic E-state index is 11.8. The highest BCUT2D eigenvalue weighted by molar-refractivity contribution is 5.82. The molecule has 0 spiro atoms. The summed E-state index contributed by atoms with van der Waals surface area (Å²) >= 11 is 0. The van der Waals surface area contributed by atoms with Crippen molar-refractivity contribution in [2.75, 3.05) is 26.7 Å². The second-order valence-corrected chi connectivity index (χ2v) is 5.31. The van der Waals surface area contributed by atoms with Crippen molar-refractivity contribution in [3.05, 3.63) is 0 Å². The summed E-state index contributed by atoms with van der Waals surface area (Å²) in [5.41, 5.74) is 4.32. The molecule has 0 unspecified atom stereocenters. The van der Waals surface area contributed by atoms with Gasteiger partial charge in [-0.3, -0.25) is 4.79 Å². The topological polar surface area (TPSA) is 81.9 Å². The number of likely N-dealkylation sites (tertiary alicyclic amines) is 1. The molecule has 1 fully saturated rings. The van der Waals surface area contributed by atoms with E-state index in [1.807, 2.05) is 20.8 Å². The minimum absolute atomic E-state index is 0.167. The summed E-state index contributed by atoms with van der Waals surface area (Å²) in [6.07, 6.45) is 0.320. The number of amides is 1. The fraction of sp³-hybridized carbons (Fsp3) is 0.833. The van der Waals surface area contributed by atoms with Gasteiger partial charge in [-0.05, 0) is 20.3 Å². The number of nitrogens with two attached hydrogens (primary N) is 1. The van der Waals surface area contributed by atoms with Gasteiger partial charge in [-0.25, -0.2) is 4.79 Å². The fourth-order valence-corrected chi connectivity index (χ4v) is 1.74. The van der Waals surface area contributed by atoms with E-state index in [9.17, 15) is 9.59 Å². The Bertz CT molecular complexity index is 335. The van der Waals surface area contributed by atoms with Crippen LogP contribution in [-0.4, -0.2) is 49.3 Å². The lowest BCUT2D eigenvalue weighted by atomic mass is 9.80. The Morgan fingerprint density at radius 3 is 2.33 bits per heavy atom. The van der Waals surface area contributed by atoms with Crippen molar-refractivity contribution >= 4 is 12.1 Å². The van der Waals surface area contributed by atoms with Gasteiger partial charge in [0.25, 0.3) is 0 Å². The van der Waals surface area contributed by atoms with Crippen molar-refractivity contribution < 1.29 is 19.1 Å². The first-order valence-electron chi connectivity index (χ1n) is 6.06. The Morgan fingerprint density at radius 1 is 1.39 bits per heavy atom. The quantitative estimate of drug-likeness (QED) is 0.752. The van der Waals surface area contributed by atoms with Gasteiger partial charge in [-0.15, -0.1) is 0 Å². The third-order valence-electron chi connectivity index (χ3n) is 3.47. The highest BCUT2D eigenvalue weighted by Crippen LogP contribution is 2.32. The second kappa shape index (κ2) is 5.14. The average molecular weight is 258 g/mol. The predicted octanol–water partition coefficient (Wildman–Crippen LogP) is 0.745. The van der Waals surface area contributed by atoms with Crippen LogP contribution in [0.3, 0.4) is 0 Å². The molecule has 1 heterocycles. The zero-order chi connectivity index (χ0) is 14.0. The first-order valence-corrected chi connectivity index (χ1v) is 6.06. The number of hydrogen-bond acceptors (Lipinski definition) is 5. The molecule has 1 saturated heterocycles. The van der Waals surface area contributed by atoms with E-state index >= 15 is 0 Å². The minimum atomic E-state index is -0.760. The molecule has 0 saturated carbocycles. The molecule has 0 bridgehead atoms. The summed E-state index contributed by atoms with van der Waals surface area (Å²) in [5, 5.41) is 0. The molecule has 1 amide bonds. The van der Waals surface area contributed by atoms with E-state index in [0.717, 1.165) is 6.42 Å². The number of methoxy groups -OCH3 is 1. The summed E-state index contributed by atoms with van der Waals surface area (Å²) in [7, 11) is 1.32. The van der Waals surface area contributed by atoms with Gasteiger partial charge < -0.3 is 20.1 Å². The van der Waals surface area contributed by atoms with E-state index in [2.05, 4.69) is 0 Å². The molecule has 6 nitrogen and oxygen atoms in total. The van der Waals surface area contributed by atoms with Crippen molar-refractivity contribution in [3.8, 4) is 0 Å². The van der Waals surface area contributed by atoms with Crippen LogP contribution in [0.1, 0.15) is 27.2 Å². The molecule has 104 valence electrons. The summed E-state index contributed by atoms with van der Waals surface area (Å²) < 4.78 is 10.0. The molecule has 1 aliphatic heterocycles. The zero-order valence-electron chi connectivity index (χ0n) is 11.5. The van der Waals surface area contributed by atoms with Crippen LogP contribution < -0.4 is 5.73 Å². The molecule has 0 radical (unpaired) electrons. The molecule has 0 aromatic carbocycles. The van der Waals surface area contributed by atoms with Crippen LogP contribution in [0.2, 0.25) is 0 Å². The second-order valence-electron chi connectivity index (χ2n) is 5.31. The molecule has 0 aromatic heterocycles. The number of carbonyl (C=O) groups is 2. The number of ether oxygens (including phenoxy) is 2. The number of nitrogens with zero attached hydrogens (tertiary/aromatic N) is 1. The molecular formula is C12H22N2O4. The van der Waals surface area contributed by atoms with Gasteiger partial charge in [0.15, 0.2) is 0 Å². The zero-order valence-corrected chi connectivity index (χ0v) is 11.5. The van der Waals surface area contributed by atoms with Crippen LogP contribution in [0.25, 0.3) is 0 Å². The summed E-state index contributed by atoms with van der Waals surface area (Å²) in [4.78, 5) is 24.9. The van der Waals surface area contributed by atoms with Gasteiger partial charge in [0, 0.05) is 19.6 Å². The summed E-state index contributed by atoms with van der Waals surface area (Å²) in [6, 6.07) is 0. The van der Waals surface area contributed by atoms with Crippen LogP contribution in [0.15, 0.2) is 0 Å². The molecule has 2 N–H and O–H groups in total. The molecule has 1 rings (SSSR count). The van der Waals surface area contributed by atoms with Crippen LogP contribution in [0.5, 0.6) is 0 Å². The normalized spacial score (nSPS) is 17.9. The Hall–Kier alpha value is -1.30. The first-order chi connectivity index (χ1) is 8.30. The molecule has 18 heavy (non-hydrogen) atoms. The highest BCUT2D eigenvalue weighted by atomic mass is 16.6. The fourth-order valence-electron chi connectivity index (χ4n) is 1.74. The monoisotopic (exact) mass is 258 g/mol. The SMILES string of the molecule is CCC(C)(C)OC(=O)N1CC(CN)(C(=O)OC)C1. The standard InChI is InChI=1S/C12H22N2O4/c1-5-11(2,3)18-10(16)14-7-12(6-13,8-14)9(15)17-4/h5-8,13H2,1-4H3. The Labute approximate surface area is 107 Å². The van der Waals surface area contributed by atoms with Crippen LogP contribution in [-0.2, 0) is 14.3 Å². The lowest BCUT2D eigenvalue weighted by Crippen LogP contribution is -2.66. The molecule has 0 atom stereocenters. The van der Waals surface area contributed by atoms with E-state index in [-0.39, 0.29) is 25.6 Å². The Morgan fingerprint density at radius 2 is 1.94 bits per heavy atom. The maximum Gasteiger partial charge on any atom is 0.410 e. The van der Waals surface area contributed by atoms with Crippen molar-refractivity contribution in [2.24, 2.45) is 11.1 Å². The van der Waals surface area contributed by atoms with E-state index in [4.69, 9.17) is 15.2 Å². The molecule has 0 aliphatic carbocycles. The third kappa shape index (κ3) is 2.75. The van der Waals surface area contributed by atoms with Gasteiger partial charge >= 0.3 is 12.1 Å². The van der Waals surface area contributed by atoms with Gasteiger partial charge in [0.1, 0.15) is 11.0 Å². The van der Waals surface area contributed by atoms with Gasteiger partial charge in [0.05, 0.1) is 7.11 Å². The van der Waals surface area contributed by atoms with E-state index in [1.165, 1.54) is 12.0 Å². The van der Waals surface area contributed by atoms with Crippen molar-refractivity contribution in [2.45, 2.75) is 32.8 Å². The van der Waals surface area contributed by atoms with Crippen LogP contribution in [0, 0.1) is 5.41 Å². The number of esters is 1. The van der Waals surface area contributed by atoms with Crippen molar-refractivity contribution in [1.29, 1.82) is 0 Å². The van der Waals surface area contributed by atoms with Crippen LogP contribution >= 0.6 is 0 Å². The molecular weight excluding hydrogens is 236 g/mol.